The summed E-state index contributed by atoms with van der Waals surface area (Å²) in [6, 6.07) is 33.8. The molecule has 0 saturated carbocycles. The number of fused-ring (bicyclic) bond motifs is 1. The molecule has 0 radical (unpaired) electrons. The molecular weight excluding hydrogens is 582 g/mol. The minimum Gasteiger partial charge on any atom is -0.488 e. The Bertz CT molecular complexity index is 1840. The Morgan fingerprint density at radius 2 is 1.58 bits per heavy atom. The van der Waals surface area contributed by atoms with Crippen LogP contribution in [0.4, 0.5) is 0 Å². The van der Waals surface area contributed by atoms with E-state index in [-0.39, 0.29) is 11.3 Å². The van der Waals surface area contributed by atoms with Crippen molar-refractivity contribution in [1.29, 1.82) is 0 Å². The minimum atomic E-state index is -3.89. The monoisotopic (exact) mass is 611 g/mol. The molecular formula is C34H30ClN3O4S. The lowest BCUT2D eigenvalue weighted by Crippen LogP contribution is -2.32. The third-order valence-electron chi connectivity index (χ3n) is 6.84. The normalized spacial score (nSPS) is 12.3. The van der Waals surface area contributed by atoms with Crippen molar-refractivity contribution in [2.24, 2.45) is 5.10 Å². The molecule has 5 rings (SSSR count). The maximum Gasteiger partial charge on any atom is 0.242 e. The van der Waals surface area contributed by atoms with E-state index in [0.29, 0.717) is 28.5 Å². The molecule has 0 aliphatic carbocycles. The molecule has 0 unspecified atom stereocenters. The number of sulfonamides is 1. The second-order valence-corrected chi connectivity index (χ2v) is 12.2. The van der Waals surface area contributed by atoms with Crippen LogP contribution < -0.4 is 14.9 Å². The number of rotatable bonds is 11. The fourth-order valence-corrected chi connectivity index (χ4v) is 5.91. The minimum absolute atomic E-state index is 0.125. The molecule has 218 valence electrons. The lowest BCUT2D eigenvalue weighted by atomic mass is 10.0. The number of hydrogen-bond donors (Lipinski definition) is 2. The largest absolute Gasteiger partial charge is 0.488 e. The Kier molecular flexibility index (Phi) is 9.51. The Balaban J connectivity index is 1.33. The van der Waals surface area contributed by atoms with Crippen LogP contribution in [0.2, 0.25) is 5.02 Å². The van der Waals surface area contributed by atoms with Crippen molar-refractivity contribution in [2.75, 3.05) is 0 Å². The van der Waals surface area contributed by atoms with E-state index in [2.05, 4.69) is 15.2 Å². The molecule has 0 saturated heterocycles. The van der Waals surface area contributed by atoms with Crippen LogP contribution in [-0.4, -0.2) is 20.5 Å². The molecule has 2 N–H and O–H groups in total. The van der Waals surface area contributed by atoms with Crippen molar-refractivity contribution in [2.45, 2.75) is 30.9 Å². The van der Waals surface area contributed by atoms with Gasteiger partial charge < -0.3 is 4.74 Å². The first-order chi connectivity index (χ1) is 20.8. The number of hydrazone groups is 1. The topological polar surface area (TPSA) is 96.9 Å². The maximum atomic E-state index is 13.2. The Labute approximate surface area is 256 Å². The van der Waals surface area contributed by atoms with E-state index in [0.717, 1.165) is 21.9 Å². The van der Waals surface area contributed by atoms with Crippen LogP contribution in [0.15, 0.2) is 125 Å². The Morgan fingerprint density at radius 1 is 0.884 bits per heavy atom. The number of halogens is 1. The number of benzene rings is 5. The molecule has 43 heavy (non-hydrogen) atoms. The van der Waals surface area contributed by atoms with Crippen LogP contribution in [0.5, 0.6) is 5.75 Å². The van der Waals surface area contributed by atoms with Crippen molar-refractivity contribution in [3.63, 3.8) is 0 Å². The zero-order valence-electron chi connectivity index (χ0n) is 23.4. The van der Waals surface area contributed by atoms with E-state index in [1.807, 2.05) is 73.7 Å². The Morgan fingerprint density at radius 3 is 2.33 bits per heavy atom. The molecule has 1 atom stereocenters. The molecule has 9 heteroatoms. The predicted molar refractivity (Wildman–Crippen MR) is 171 cm³/mol. The highest BCUT2D eigenvalue weighted by Gasteiger charge is 2.23. The van der Waals surface area contributed by atoms with E-state index in [9.17, 15) is 13.2 Å². The van der Waals surface area contributed by atoms with Gasteiger partial charge in [-0.15, -0.1) is 0 Å². The van der Waals surface area contributed by atoms with Crippen molar-refractivity contribution < 1.29 is 17.9 Å². The number of carbonyl (C=O) groups is 1. The number of aryl methyl sites for hydroxylation is 1. The van der Waals surface area contributed by atoms with Crippen LogP contribution >= 0.6 is 11.6 Å². The van der Waals surface area contributed by atoms with Crippen molar-refractivity contribution >= 4 is 44.5 Å². The van der Waals surface area contributed by atoms with Crippen LogP contribution in [0, 0.1) is 6.92 Å². The average molecular weight is 612 g/mol. The van der Waals surface area contributed by atoms with Gasteiger partial charge in [0.1, 0.15) is 12.4 Å². The van der Waals surface area contributed by atoms with Crippen molar-refractivity contribution in [3.8, 4) is 5.75 Å². The molecule has 0 aromatic heterocycles. The quantitative estimate of drug-likeness (QED) is 0.125. The summed E-state index contributed by atoms with van der Waals surface area (Å²) in [5.41, 5.74) is 5.82. The first-order valence-electron chi connectivity index (χ1n) is 13.6. The highest BCUT2D eigenvalue weighted by atomic mass is 35.5. The number of nitrogens with one attached hydrogen (secondary N) is 2. The lowest BCUT2D eigenvalue weighted by Gasteiger charge is -2.18. The van der Waals surface area contributed by atoms with Gasteiger partial charge >= 0.3 is 0 Å². The van der Waals surface area contributed by atoms with Crippen LogP contribution in [0.25, 0.3) is 10.8 Å². The van der Waals surface area contributed by atoms with E-state index in [1.54, 1.807) is 54.7 Å². The van der Waals surface area contributed by atoms with E-state index in [1.165, 1.54) is 0 Å². The van der Waals surface area contributed by atoms with Gasteiger partial charge in [-0.05, 0) is 59.2 Å². The van der Waals surface area contributed by atoms with Crippen molar-refractivity contribution in [3.05, 3.63) is 143 Å². The van der Waals surface area contributed by atoms with Crippen LogP contribution in [-0.2, 0) is 21.4 Å². The van der Waals surface area contributed by atoms with E-state index < -0.39 is 22.0 Å². The summed E-state index contributed by atoms with van der Waals surface area (Å²) in [5.74, 6) is 0.139. The molecule has 0 aliphatic heterocycles. The summed E-state index contributed by atoms with van der Waals surface area (Å²) in [6.45, 7) is 2.21. The van der Waals surface area contributed by atoms with Gasteiger partial charge in [0.2, 0.25) is 15.9 Å². The Hall–Kier alpha value is -4.50. The first kappa shape index (κ1) is 30.0. The molecule has 0 aliphatic rings. The van der Waals surface area contributed by atoms with Crippen LogP contribution in [0.3, 0.4) is 0 Å². The smallest absolute Gasteiger partial charge is 0.242 e. The number of hydrogen-bond acceptors (Lipinski definition) is 5. The standard InChI is InChI=1S/C34H30ClN3O4S/c1-24-11-18-29(19-12-24)43(40,41)38-32(27-8-3-2-4-9-27)21-34(39)37-36-22-31-30-10-6-5-7-26(30)15-20-33(31)42-23-25-13-16-28(35)17-14-25/h2-20,22,32,38H,21,23H2,1H3,(H,37,39)/b36-22-/t32-/m0/s1. The summed E-state index contributed by atoms with van der Waals surface area (Å²) < 4.78 is 35.1. The highest BCUT2D eigenvalue weighted by Crippen LogP contribution is 2.28. The molecule has 0 fully saturated rings. The number of ether oxygens (including phenoxy) is 1. The van der Waals surface area contributed by atoms with Gasteiger partial charge in [-0.3, -0.25) is 4.79 Å². The molecule has 7 nitrogen and oxygen atoms in total. The van der Waals surface area contributed by atoms with Gasteiger partial charge in [-0.25, -0.2) is 18.6 Å². The number of nitrogens with zero attached hydrogens (tertiary/aromatic N) is 1. The molecule has 0 heterocycles. The number of carbonyl (C=O) groups excluding carboxylic acids is 1. The third kappa shape index (κ3) is 7.87. The SMILES string of the molecule is Cc1ccc(S(=O)(=O)N[C@@H](CC(=O)N/N=C\c2c(OCc3ccc(Cl)cc3)ccc3ccccc23)c2ccccc2)cc1. The van der Waals surface area contributed by atoms with Gasteiger partial charge in [0, 0.05) is 17.0 Å². The zero-order chi connectivity index (χ0) is 30.2. The second kappa shape index (κ2) is 13.6. The van der Waals surface area contributed by atoms with Gasteiger partial charge in [-0.1, -0.05) is 102 Å². The van der Waals surface area contributed by atoms with E-state index in [4.69, 9.17) is 16.3 Å². The molecule has 1 amide bonds. The molecule has 5 aromatic carbocycles. The summed E-state index contributed by atoms with van der Waals surface area (Å²) in [6.07, 6.45) is 1.38. The summed E-state index contributed by atoms with van der Waals surface area (Å²) in [7, 11) is -3.89. The average Bonchev–Trinajstić information content (AvgIpc) is 3.01. The van der Waals surface area contributed by atoms with Crippen molar-refractivity contribution in [1.82, 2.24) is 10.1 Å². The molecule has 0 spiro atoms. The zero-order valence-corrected chi connectivity index (χ0v) is 25.0. The molecule has 5 aromatic rings. The summed E-state index contributed by atoms with van der Waals surface area (Å²) in [4.78, 5) is 13.2. The predicted octanol–water partition coefficient (Wildman–Crippen LogP) is 6.94. The fourth-order valence-electron chi connectivity index (χ4n) is 4.56. The molecule has 0 bridgehead atoms. The van der Waals surface area contributed by atoms with Crippen LogP contribution in [0.1, 0.15) is 34.7 Å². The van der Waals surface area contributed by atoms with E-state index >= 15 is 0 Å². The summed E-state index contributed by atoms with van der Waals surface area (Å²) >= 11 is 6.01. The fraction of sp³-hybridized carbons (Fsp3) is 0.118. The number of amides is 1. The van der Waals surface area contributed by atoms with Gasteiger partial charge in [0.05, 0.1) is 17.2 Å². The lowest BCUT2D eigenvalue weighted by molar-refractivity contribution is -0.121. The van der Waals surface area contributed by atoms with Gasteiger partial charge in [-0.2, -0.15) is 5.10 Å². The van der Waals surface area contributed by atoms with Gasteiger partial charge in [0.15, 0.2) is 0 Å². The first-order valence-corrected chi connectivity index (χ1v) is 15.5. The third-order valence-corrected chi connectivity index (χ3v) is 8.58. The maximum absolute atomic E-state index is 13.2. The van der Waals surface area contributed by atoms with Gasteiger partial charge in [0.25, 0.3) is 0 Å². The highest BCUT2D eigenvalue weighted by molar-refractivity contribution is 7.89. The summed E-state index contributed by atoms with van der Waals surface area (Å²) in [5, 5.41) is 6.77. The second-order valence-electron chi connectivity index (χ2n) is 10.0.